The van der Waals surface area contributed by atoms with Crippen LogP contribution in [-0.2, 0) is 0 Å². The van der Waals surface area contributed by atoms with Crippen LogP contribution in [0.4, 0.5) is 0 Å². The highest BCUT2D eigenvalue weighted by Crippen LogP contribution is 2.24. The van der Waals surface area contributed by atoms with Crippen molar-refractivity contribution in [3.05, 3.63) is 101 Å². The van der Waals surface area contributed by atoms with Gasteiger partial charge in [0.1, 0.15) is 5.75 Å². The SMILES string of the molecule is O=C(c1ccccc1)c1ccccc1OCCCCN1C(=O)c2ccccc2C1=O. The molecule has 0 saturated carbocycles. The first kappa shape index (κ1) is 19.6. The summed E-state index contributed by atoms with van der Waals surface area (Å²) in [6.45, 7) is 0.739. The van der Waals surface area contributed by atoms with Gasteiger partial charge in [0.25, 0.3) is 11.8 Å². The molecule has 2 amide bonds. The Hall–Kier alpha value is -3.73. The van der Waals surface area contributed by atoms with Crippen LogP contribution in [0.3, 0.4) is 0 Å². The number of amides is 2. The lowest BCUT2D eigenvalue weighted by Gasteiger charge is -2.14. The predicted molar refractivity (Wildman–Crippen MR) is 113 cm³/mol. The first-order chi connectivity index (χ1) is 14.7. The van der Waals surface area contributed by atoms with Gasteiger partial charge in [-0.25, -0.2) is 0 Å². The summed E-state index contributed by atoms with van der Waals surface area (Å²) < 4.78 is 5.85. The van der Waals surface area contributed by atoms with Crippen molar-refractivity contribution in [1.29, 1.82) is 0 Å². The smallest absolute Gasteiger partial charge is 0.261 e. The van der Waals surface area contributed by atoms with Crippen LogP contribution in [-0.4, -0.2) is 35.6 Å². The largest absolute Gasteiger partial charge is 0.493 e. The Morgan fingerprint density at radius 3 is 2.03 bits per heavy atom. The molecule has 0 radical (unpaired) electrons. The van der Waals surface area contributed by atoms with Crippen molar-refractivity contribution in [2.24, 2.45) is 0 Å². The number of benzene rings is 3. The molecular weight excluding hydrogens is 378 g/mol. The van der Waals surface area contributed by atoms with Crippen LogP contribution in [0.5, 0.6) is 5.75 Å². The van der Waals surface area contributed by atoms with E-state index in [0.717, 1.165) is 0 Å². The van der Waals surface area contributed by atoms with Gasteiger partial charge >= 0.3 is 0 Å². The van der Waals surface area contributed by atoms with Crippen LogP contribution in [0.15, 0.2) is 78.9 Å². The number of rotatable bonds is 8. The monoisotopic (exact) mass is 399 g/mol. The van der Waals surface area contributed by atoms with Crippen LogP contribution in [0.2, 0.25) is 0 Å². The van der Waals surface area contributed by atoms with E-state index in [4.69, 9.17) is 4.74 Å². The van der Waals surface area contributed by atoms with Crippen molar-refractivity contribution in [3.63, 3.8) is 0 Å². The number of carbonyl (C=O) groups excluding carboxylic acids is 3. The Morgan fingerprint density at radius 1 is 0.733 bits per heavy atom. The molecule has 3 aromatic carbocycles. The van der Waals surface area contributed by atoms with Crippen molar-refractivity contribution >= 4 is 17.6 Å². The van der Waals surface area contributed by atoms with E-state index in [1.54, 1.807) is 48.5 Å². The molecule has 0 bridgehead atoms. The molecule has 5 nitrogen and oxygen atoms in total. The Morgan fingerprint density at radius 2 is 1.33 bits per heavy atom. The van der Waals surface area contributed by atoms with Crippen molar-refractivity contribution in [2.75, 3.05) is 13.2 Å². The number of ether oxygens (including phenoxy) is 1. The lowest BCUT2D eigenvalue weighted by atomic mass is 10.0. The number of imide groups is 1. The second kappa shape index (κ2) is 8.74. The van der Waals surface area contributed by atoms with Crippen LogP contribution in [0.1, 0.15) is 49.5 Å². The molecule has 0 atom stereocenters. The first-order valence-electron chi connectivity index (χ1n) is 9.93. The molecule has 0 saturated heterocycles. The number of ketones is 1. The summed E-state index contributed by atoms with van der Waals surface area (Å²) in [6.07, 6.45) is 1.28. The van der Waals surface area contributed by atoms with E-state index in [1.807, 2.05) is 30.3 Å². The second-order valence-electron chi connectivity index (χ2n) is 7.05. The molecule has 1 aliphatic rings. The first-order valence-corrected chi connectivity index (χ1v) is 9.93. The van der Waals surface area contributed by atoms with Gasteiger partial charge in [-0.15, -0.1) is 0 Å². The molecule has 3 aromatic rings. The molecule has 1 aliphatic heterocycles. The zero-order valence-corrected chi connectivity index (χ0v) is 16.4. The molecule has 0 aliphatic carbocycles. The molecule has 150 valence electrons. The quantitative estimate of drug-likeness (QED) is 0.320. The van der Waals surface area contributed by atoms with Gasteiger partial charge in [-0.2, -0.15) is 0 Å². The number of nitrogens with zero attached hydrogens (tertiary/aromatic N) is 1. The molecule has 1 heterocycles. The topological polar surface area (TPSA) is 63.7 Å². The Balaban J connectivity index is 1.32. The predicted octanol–water partition coefficient (Wildman–Crippen LogP) is 4.37. The fourth-order valence-corrected chi connectivity index (χ4v) is 3.52. The van der Waals surface area contributed by atoms with Gasteiger partial charge in [0, 0.05) is 12.1 Å². The maximum atomic E-state index is 12.7. The summed E-state index contributed by atoms with van der Waals surface area (Å²) in [5.41, 5.74) is 2.06. The van der Waals surface area contributed by atoms with E-state index in [2.05, 4.69) is 0 Å². The van der Waals surface area contributed by atoms with Crippen molar-refractivity contribution < 1.29 is 19.1 Å². The van der Waals surface area contributed by atoms with Gasteiger partial charge < -0.3 is 4.74 Å². The van der Waals surface area contributed by atoms with E-state index in [9.17, 15) is 14.4 Å². The second-order valence-corrected chi connectivity index (χ2v) is 7.05. The number of hydrogen-bond donors (Lipinski definition) is 0. The van der Waals surface area contributed by atoms with E-state index in [1.165, 1.54) is 4.90 Å². The maximum Gasteiger partial charge on any atom is 0.261 e. The minimum atomic E-state index is -0.240. The Kier molecular flexibility index (Phi) is 5.70. The summed E-state index contributed by atoms with van der Waals surface area (Å²) in [5, 5.41) is 0. The summed E-state index contributed by atoms with van der Waals surface area (Å²) >= 11 is 0. The maximum absolute atomic E-state index is 12.7. The van der Waals surface area contributed by atoms with Crippen LogP contribution < -0.4 is 4.74 Å². The molecular formula is C25H21NO4. The van der Waals surface area contributed by atoms with E-state index >= 15 is 0 Å². The fraction of sp³-hybridized carbons (Fsp3) is 0.160. The molecule has 0 unspecified atom stereocenters. The number of para-hydroxylation sites is 1. The molecule has 0 fully saturated rings. The Labute approximate surface area is 174 Å². The van der Waals surface area contributed by atoms with E-state index in [0.29, 0.717) is 54.0 Å². The summed E-state index contributed by atoms with van der Waals surface area (Å²) in [5.74, 6) is -0.0325. The minimum Gasteiger partial charge on any atom is -0.493 e. The molecule has 5 heteroatoms. The standard InChI is InChI=1S/C25H21NO4/c27-23(18-10-2-1-3-11-18)21-14-6-7-15-22(21)30-17-9-8-16-26-24(28)19-12-4-5-13-20(19)25(26)29/h1-7,10-15H,8-9,16-17H2. The fourth-order valence-electron chi connectivity index (χ4n) is 3.52. The van der Waals surface area contributed by atoms with Gasteiger partial charge in [-0.05, 0) is 37.1 Å². The van der Waals surface area contributed by atoms with E-state index in [-0.39, 0.29) is 17.6 Å². The van der Waals surface area contributed by atoms with Crippen molar-refractivity contribution in [3.8, 4) is 5.75 Å². The highest BCUT2D eigenvalue weighted by atomic mass is 16.5. The van der Waals surface area contributed by atoms with Crippen LogP contribution in [0.25, 0.3) is 0 Å². The molecule has 0 spiro atoms. The third-order valence-corrected chi connectivity index (χ3v) is 5.08. The van der Waals surface area contributed by atoms with Crippen LogP contribution in [0, 0.1) is 0 Å². The highest BCUT2D eigenvalue weighted by molar-refractivity contribution is 6.21. The van der Waals surface area contributed by atoms with Gasteiger partial charge in [0.05, 0.1) is 23.3 Å². The summed E-state index contributed by atoms with van der Waals surface area (Å²) in [7, 11) is 0. The Bertz CT molecular complexity index is 1060. The molecule has 4 rings (SSSR count). The number of hydrogen-bond acceptors (Lipinski definition) is 4. The summed E-state index contributed by atoms with van der Waals surface area (Å²) in [4.78, 5) is 38.8. The molecule has 30 heavy (non-hydrogen) atoms. The zero-order chi connectivity index (χ0) is 20.9. The van der Waals surface area contributed by atoms with Crippen molar-refractivity contribution in [1.82, 2.24) is 4.90 Å². The third-order valence-electron chi connectivity index (χ3n) is 5.08. The molecule has 0 N–H and O–H groups in total. The number of unbranched alkanes of at least 4 members (excludes halogenated alkanes) is 1. The number of carbonyl (C=O) groups is 3. The van der Waals surface area contributed by atoms with E-state index < -0.39 is 0 Å². The summed E-state index contributed by atoms with van der Waals surface area (Å²) in [6, 6.07) is 23.1. The number of fused-ring (bicyclic) bond motifs is 1. The minimum absolute atomic E-state index is 0.0859. The lowest BCUT2D eigenvalue weighted by molar-refractivity contribution is 0.0649. The average molecular weight is 399 g/mol. The van der Waals surface area contributed by atoms with Crippen molar-refractivity contribution in [2.45, 2.75) is 12.8 Å². The van der Waals surface area contributed by atoms with Gasteiger partial charge in [-0.3, -0.25) is 19.3 Å². The third kappa shape index (κ3) is 3.87. The lowest BCUT2D eigenvalue weighted by Crippen LogP contribution is -2.30. The highest BCUT2D eigenvalue weighted by Gasteiger charge is 2.34. The van der Waals surface area contributed by atoms with Gasteiger partial charge in [0.15, 0.2) is 5.78 Å². The normalized spacial score (nSPS) is 12.7. The zero-order valence-electron chi connectivity index (χ0n) is 16.4. The average Bonchev–Trinajstić information content (AvgIpc) is 3.04. The van der Waals surface area contributed by atoms with Crippen LogP contribution >= 0.6 is 0 Å². The van der Waals surface area contributed by atoms with Gasteiger partial charge in [0.2, 0.25) is 0 Å². The molecule has 0 aromatic heterocycles. The van der Waals surface area contributed by atoms with Gasteiger partial charge in [-0.1, -0.05) is 54.6 Å².